The summed E-state index contributed by atoms with van der Waals surface area (Å²) >= 11 is 1.69. The van der Waals surface area contributed by atoms with Gasteiger partial charge in [-0.25, -0.2) is 0 Å². The van der Waals surface area contributed by atoms with E-state index in [0.29, 0.717) is 23.5 Å². The van der Waals surface area contributed by atoms with Gasteiger partial charge in [-0.3, -0.25) is 4.79 Å². The van der Waals surface area contributed by atoms with E-state index >= 15 is 0 Å². The van der Waals surface area contributed by atoms with Crippen LogP contribution in [0.15, 0.2) is 24.3 Å². The van der Waals surface area contributed by atoms with Crippen molar-refractivity contribution >= 4 is 22.9 Å². The van der Waals surface area contributed by atoms with Crippen LogP contribution < -0.4 is 15.8 Å². The monoisotopic (exact) mass is 290 g/mol. The zero-order valence-corrected chi connectivity index (χ0v) is 12.6. The molecule has 0 fully saturated rings. The highest BCUT2D eigenvalue weighted by molar-refractivity contribution is 7.12. The summed E-state index contributed by atoms with van der Waals surface area (Å²) in [6, 6.07) is 7.25. The zero-order valence-electron chi connectivity index (χ0n) is 11.8. The maximum absolute atomic E-state index is 12.2. The molecule has 3 N–H and O–H groups in total. The van der Waals surface area contributed by atoms with Gasteiger partial charge in [0.15, 0.2) is 5.75 Å². The third-order valence-electron chi connectivity index (χ3n) is 3.13. The molecule has 1 aromatic carbocycles. The number of hydrogen-bond acceptors (Lipinski definition) is 4. The van der Waals surface area contributed by atoms with E-state index in [-0.39, 0.29) is 5.91 Å². The SMILES string of the molecule is COc1c(N)cccc1C(=O)NCc1cc(C)c(C)s1. The summed E-state index contributed by atoms with van der Waals surface area (Å²) in [4.78, 5) is 14.6. The Morgan fingerprint density at radius 2 is 2.15 bits per heavy atom. The van der Waals surface area contributed by atoms with E-state index in [1.54, 1.807) is 29.5 Å². The van der Waals surface area contributed by atoms with Gasteiger partial charge in [0.2, 0.25) is 0 Å². The fourth-order valence-electron chi connectivity index (χ4n) is 1.96. The van der Waals surface area contributed by atoms with Gasteiger partial charge in [0.05, 0.1) is 24.9 Å². The van der Waals surface area contributed by atoms with Crippen LogP contribution in [0, 0.1) is 13.8 Å². The van der Waals surface area contributed by atoms with Gasteiger partial charge >= 0.3 is 0 Å². The number of benzene rings is 1. The molecule has 1 heterocycles. The molecule has 0 saturated carbocycles. The van der Waals surface area contributed by atoms with Crippen molar-refractivity contribution in [1.29, 1.82) is 0 Å². The molecular formula is C15H18N2O2S. The van der Waals surface area contributed by atoms with E-state index in [4.69, 9.17) is 10.5 Å². The lowest BCUT2D eigenvalue weighted by atomic mass is 10.1. The minimum Gasteiger partial charge on any atom is -0.494 e. The van der Waals surface area contributed by atoms with Crippen LogP contribution in [0.2, 0.25) is 0 Å². The summed E-state index contributed by atoms with van der Waals surface area (Å²) in [7, 11) is 1.51. The minimum atomic E-state index is -0.183. The van der Waals surface area contributed by atoms with Crippen molar-refractivity contribution in [1.82, 2.24) is 5.32 Å². The molecule has 2 aromatic rings. The second-order valence-electron chi connectivity index (χ2n) is 4.56. The van der Waals surface area contributed by atoms with Gasteiger partial charge in [0.1, 0.15) is 0 Å². The van der Waals surface area contributed by atoms with Gasteiger partial charge in [-0.05, 0) is 37.6 Å². The molecule has 1 aromatic heterocycles. The molecule has 4 nitrogen and oxygen atoms in total. The largest absolute Gasteiger partial charge is 0.494 e. The average molecular weight is 290 g/mol. The molecule has 106 valence electrons. The van der Waals surface area contributed by atoms with Crippen LogP contribution in [-0.4, -0.2) is 13.0 Å². The molecule has 0 bridgehead atoms. The fourth-order valence-corrected chi connectivity index (χ4v) is 2.95. The fraction of sp³-hybridized carbons (Fsp3) is 0.267. The Kier molecular flexibility index (Phi) is 4.29. The lowest BCUT2D eigenvalue weighted by Gasteiger charge is -2.10. The number of carbonyl (C=O) groups is 1. The number of amides is 1. The third-order valence-corrected chi connectivity index (χ3v) is 4.29. The highest BCUT2D eigenvalue weighted by Crippen LogP contribution is 2.26. The normalized spacial score (nSPS) is 10.3. The van der Waals surface area contributed by atoms with E-state index in [1.165, 1.54) is 17.6 Å². The van der Waals surface area contributed by atoms with Gasteiger partial charge in [-0.15, -0.1) is 11.3 Å². The van der Waals surface area contributed by atoms with Gasteiger partial charge in [0, 0.05) is 9.75 Å². The highest BCUT2D eigenvalue weighted by Gasteiger charge is 2.14. The average Bonchev–Trinajstić information content (AvgIpc) is 2.75. The molecule has 0 aliphatic carbocycles. The molecule has 20 heavy (non-hydrogen) atoms. The number of thiophene rings is 1. The predicted molar refractivity (Wildman–Crippen MR) is 82.4 cm³/mol. The van der Waals surface area contributed by atoms with Gasteiger partial charge in [-0.2, -0.15) is 0 Å². The first-order valence-corrected chi connectivity index (χ1v) is 7.11. The Labute approximate surface area is 122 Å². The number of ether oxygens (including phenoxy) is 1. The number of hydrogen-bond donors (Lipinski definition) is 2. The lowest BCUT2D eigenvalue weighted by Crippen LogP contribution is -2.23. The molecule has 5 heteroatoms. The lowest BCUT2D eigenvalue weighted by molar-refractivity contribution is 0.0948. The number of carbonyl (C=O) groups excluding carboxylic acids is 1. The van der Waals surface area contributed by atoms with E-state index in [2.05, 4.69) is 25.2 Å². The number of rotatable bonds is 4. The molecule has 0 saturated heterocycles. The Bertz CT molecular complexity index is 615. The number of nitrogens with two attached hydrogens (primary N) is 1. The minimum absolute atomic E-state index is 0.183. The van der Waals surface area contributed by atoms with E-state index in [9.17, 15) is 4.79 Å². The number of aryl methyl sites for hydroxylation is 2. The molecule has 0 aliphatic heterocycles. The maximum atomic E-state index is 12.2. The summed E-state index contributed by atoms with van der Waals surface area (Å²) < 4.78 is 5.19. The predicted octanol–water partition coefficient (Wildman–Crippen LogP) is 2.89. The molecule has 0 aliphatic rings. The van der Waals surface area contributed by atoms with Crippen molar-refractivity contribution in [3.63, 3.8) is 0 Å². The zero-order chi connectivity index (χ0) is 14.7. The van der Waals surface area contributed by atoms with Crippen molar-refractivity contribution in [3.05, 3.63) is 45.1 Å². The molecule has 0 radical (unpaired) electrons. The molecule has 0 atom stereocenters. The molecule has 2 rings (SSSR count). The number of nitrogens with one attached hydrogen (secondary N) is 1. The number of para-hydroxylation sites is 1. The molecule has 0 spiro atoms. The number of anilines is 1. The Balaban J connectivity index is 2.11. The van der Waals surface area contributed by atoms with Crippen molar-refractivity contribution < 1.29 is 9.53 Å². The van der Waals surface area contributed by atoms with E-state index in [1.807, 2.05) is 0 Å². The molecular weight excluding hydrogens is 272 g/mol. The Hall–Kier alpha value is -2.01. The van der Waals surface area contributed by atoms with Gasteiger partial charge in [-0.1, -0.05) is 6.07 Å². The van der Waals surface area contributed by atoms with Crippen molar-refractivity contribution in [2.24, 2.45) is 0 Å². The van der Waals surface area contributed by atoms with Gasteiger partial charge < -0.3 is 15.8 Å². The van der Waals surface area contributed by atoms with Crippen LogP contribution in [0.4, 0.5) is 5.69 Å². The van der Waals surface area contributed by atoms with Crippen LogP contribution in [0.3, 0.4) is 0 Å². The second kappa shape index (κ2) is 5.96. The molecule has 1 amide bonds. The van der Waals surface area contributed by atoms with E-state index < -0.39 is 0 Å². The first-order chi connectivity index (χ1) is 9.52. The van der Waals surface area contributed by atoms with Crippen LogP contribution in [0.5, 0.6) is 5.75 Å². The highest BCUT2D eigenvalue weighted by atomic mass is 32.1. The quantitative estimate of drug-likeness (QED) is 0.851. The summed E-state index contributed by atoms with van der Waals surface area (Å²) in [6.45, 7) is 4.65. The molecule has 0 unspecified atom stereocenters. The summed E-state index contributed by atoms with van der Waals surface area (Å²) in [5, 5.41) is 2.89. The summed E-state index contributed by atoms with van der Waals surface area (Å²) in [5.74, 6) is 0.237. The van der Waals surface area contributed by atoms with Crippen molar-refractivity contribution in [2.75, 3.05) is 12.8 Å². The number of methoxy groups -OCH3 is 1. The van der Waals surface area contributed by atoms with Crippen LogP contribution in [0.1, 0.15) is 25.7 Å². The van der Waals surface area contributed by atoms with Crippen molar-refractivity contribution in [3.8, 4) is 5.75 Å². The standard InChI is InChI=1S/C15H18N2O2S/c1-9-7-11(20-10(9)2)8-17-15(18)12-5-4-6-13(16)14(12)19-3/h4-7H,8,16H2,1-3H3,(H,17,18). The third kappa shape index (κ3) is 2.93. The maximum Gasteiger partial charge on any atom is 0.255 e. The van der Waals surface area contributed by atoms with Crippen molar-refractivity contribution in [2.45, 2.75) is 20.4 Å². The summed E-state index contributed by atoms with van der Waals surface area (Å²) in [5.41, 5.74) is 7.97. The first-order valence-electron chi connectivity index (χ1n) is 6.29. The van der Waals surface area contributed by atoms with Crippen LogP contribution in [0.25, 0.3) is 0 Å². The van der Waals surface area contributed by atoms with Crippen LogP contribution in [-0.2, 0) is 6.54 Å². The number of nitrogen functional groups attached to an aromatic ring is 1. The first kappa shape index (κ1) is 14.4. The smallest absolute Gasteiger partial charge is 0.255 e. The summed E-state index contributed by atoms with van der Waals surface area (Å²) in [6.07, 6.45) is 0. The Morgan fingerprint density at radius 3 is 2.75 bits per heavy atom. The van der Waals surface area contributed by atoms with E-state index in [0.717, 1.165) is 4.88 Å². The Morgan fingerprint density at radius 1 is 1.40 bits per heavy atom. The van der Waals surface area contributed by atoms with Gasteiger partial charge in [0.25, 0.3) is 5.91 Å². The topological polar surface area (TPSA) is 64.3 Å². The second-order valence-corrected chi connectivity index (χ2v) is 5.90. The van der Waals surface area contributed by atoms with Crippen LogP contribution >= 0.6 is 11.3 Å².